The molecular formula is C19H22F3N5O2S. The number of fused-ring (bicyclic) bond motifs is 1. The Balaban J connectivity index is 1.49. The number of carbonyl (C=O) groups is 1. The number of halogens is 3. The van der Waals surface area contributed by atoms with Gasteiger partial charge in [0, 0.05) is 42.5 Å². The number of nitrogens with one attached hydrogen (secondary N) is 1. The Kier molecular flexibility index (Phi) is 6.30. The third kappa shape index (κ3) is 4.62. The van der Waals surface area contributed by atoms with E-state index in [-0.39, 0.29) is 24.4 Å². The molecule has 1 aliphatic heterocycles. The number of hydrogen-bond acceptors (Lipinski definition) is 7. The summed E-state index contributed by atoms with van der Waals surface area (Å²) in [5, 5.41) is 3.00. The predicted molar refractivity (Wildman–Crippen MR) is 103 cm³/mol. The average Bonchev–Trinajstić information content (AvgIpc) is 3.23. The predicted octanol–water partition coefficient (Wildman–Crippen LogP) is 2.56. The molecule has 0 saturated carbocycles. The first-order chi connectivity index (χ1) is 14.4. The number of hydrogen-bond donors (Lipinski definition) is 1. The van der Waals surface area contributed by atoms with E-state index >= 15 is 0 Å². The molecule has 1 saturated heterocycles. The van der Waals surface area contributed by atoms with E-state index in [0.717, 1.165) is 29.8 Å². The minimum atomic E-state index is -4.59. The van der Waals surface area contributed by atoms with E-state index in [2.05, 4.69) is 25.2 Å². The van der Waals surface area contributed by atoms with Crippen molar-refractivity contribution in [2.24, 2.45) is 0 Å². The highest BCUT2D eigenvalue weighted by Gasteiger charge is 2.35. The van der Waals surface area contributed by atoms with Gasteiger partial charge in [-0.05, 0) is 19.3 Å². The number of nitrogens with zero attached hydrogens (tertiary/aromatic N) is 4. The second-order valence-electron chi connectivity index (χ2n) is 7.36. The van der Waals surface area contributed by atoms with Gasteiger partial charge in [-0.1, -0.05) is 0 Å². The molecule has 1 aliphatic carbocycles. The van der Waals surface area contributed by atoms with E-state index in [4.69, 9.17) is 4.74 Å². The van der Waals surface area contributed by atoms with Gasteiger partial charge in [0.2, 0.25) is 11.7 Å². The fraction of sp³-hybridized carbons (Fsp3) is 0.579. The molecule has 7 nitrogen and oxygen atoms in total. The van der Waals surface area contributed by atoms with Crippen LogP contribution in [0.1, 0.15) is 46.8 Å². The van der Waals surface area contributed by atoms with Gasteiger partial charge in [0.05, 0.1) is 36.4 Å². The summed E-state index contributed by atoms with van der Waals surface area (Å²) in [6, 6.07) is -0.329. The lowest BCUT2D eigenvalue weighted by atomic mass is 9.91. The molecule has 162 valence electrons. The normalized spacial score (nSPS) is 21.1. The van der Waals surface area contributed by atoms with Gasteiger partial charge in [-0.3, -0.25) is 9.69 Å². The topological polar surface area (TPSA) is 80.2 Å². The van der Waals surface area contributed by atoms with Crippen molar-refractivity contribution >= 4 is 17.2 Å². The number of aromatic nitrogens is 3. The average molecular weight is 441 g/mol. The Labute approximate surface area is 175 Å². The highest BCUT2D eigenvalue weighted by Crippen LogP contribution is 2.34. The summed E-state index contributed by atoms with van der Waals surface area (Å²) in [4.78, 5) is 27.3. The maximum absolute atomic E-state index is 12.9. The molecular weight excluding hydrogens is 419 g/mol. The first-order valence-electron chi connectivity index (χ1n) is 9.84. The summed E-state index contributed by atoms with van der Waals surface area (Å²) >= 11 is 1.50. The highest BCUT2D eigenvalue weighted by atomic mass is 32.1. The Morgan fingerprint density at radius 2 is 2.00 bits per heavy atom. The molecule has 0 bridgehead atoms. The number of ether oxygens (including phenoxy) is 1. The van der Waals surface area contributed by atoms with Gasteiger partial charge in [0.25, 0.3) is 0 Å². The minimum absolute atomic E-state index is 0.0775. The van der Waals surface area contributed by atoms with Crippen LogP contribution in [0.4, 0.5) is 13.2 Å². The van der Waals surface area contributed by atoms with Crippen LogP contribution >= 0.6 is 11.3 Å². The third-order valence-corrected chi connectivity index (χ3v) is 6.46. The molecule has 30 heavy (non-hydrogen) atoms. The molecule has 4 rings (SSSR count). The van der Waals surface area contributed by atoms with Gasteiger partial charge < -0.3 is 10.1 Å². The van der Waals surface area contributed by atoms with Crippen molar-refractivity contribution < 1.29 is 22.7 Å². The van der Waals surface area contributed by atoms with Crippen LogP contribution in [-0.2, 0) is 22.1 Å². The minimum Gasteiger partial charge on any atom is -0.379 e. The van der Waals surface area contributed by atoms with Crippen molar-refractivity contribution in [2.75, 3.05) is 32.8 Å². The molecule has 11 heteroatoms. The van der Waals surface area contributed by atoms with Crippen LogP contribution in [0.5, 0.6) is 0 Å². The SMILES string of the molecule is O=C(NC[C@@H](c1cnc(C(F)(F)F)nc1)N1CCOCC1)[C@@H]1CCCc2ncsc21. The lowest BCUT2D eigenvalue weighted by Crippen LogP contribution is -2.44. The van der Waals surface area contributed by atoms with Crippen LogP contribution in [0.3, 0.4) is 0 Å². The molecule has 0 spiro atoms. The molecule has 0 unspecified atom stereocenters. The maximum Gasteiger partial charge on any atom is 0.451 e. The van der Waals surface area contributed by atoms with Crippen LogP contribution in [-0.4, -0.2) is 58.6 Å². The van der Waals surface area contributed by atoms with Gasteiger partial charge in [-0.15, -0.1) is 11.3 Å². The largest absolute Gasteiger partial charge is 0.451 e. The highest BCUT2D eigenvalue weighted by molar-refractivity contribution is 7.10. The van der Waals surface area contributed by atoms with Crippen molar-refractivity contribution in [1.82, 2.24) is 25.2 Å². The van der Waals surface area contributed by atoms with Crippen LogP contribution in [0, 0.1) is 0 Å². The number of carbonyl (C=O) groups excluding carboxylic acids is 1. The van der Waals surface area contributed by atoms with Crippen molar-refractivity contribution in [3.8, 4) is 0 Å². The first-order valence-corrected chi connectivity index (χ1v) is 10.7. The van der Waals surface area contributed by atoms with E-state index in [1.54, 1.807) is 5.51 Å². The van der Waals surface area contributed by atoms with Crippen molar-refractivity contribution in [3.05, 3.63) is 39.9 Å². The quantitative estimate of drug-likeness (QED) is 0.768. The molecule has 1 amide bonds. The molecule has 3 heterocycles. The second kappa shape index (κ2) is 8.94. The van der Waals surface area contributed by atoms with E-state index in [1.165, 1.54) is 23.7 Å². The number of amides is 1. The maximum atomic E-state index is 12.9. The van der Waals surface area contributed by atoms with Crippen LogP contribution in [0.15, 0.2) is 17.9 Å². The number of rotatable bonds is 5. The third-order valence-electron chi connectivity index (χ3n) is 5.48. The molecule has 2 atom stereocenters. The van der Waals surface area contributed by atoms with Gasteiger partial charge >= 0.3 is 6.18 Å². The first kappa shape index (κ1) is 21.1. The Hall–Kier alpha value is -2.11. The molecule has 2 aromatic rings. The number of thiazole rings is 1. The molecule has 2 aromatic heterocycles. The molecule has 2 aliphatic rings. The van der Waals surface area contributed by atoms with Gasteiger partial charge in [-0.2, -0.15) is 13.2 Å². The Morgan fingerprint density at radius 3 is 2.70 bits per heavy atom. The van der Waals surface area contributed by atoms with Gasteiger partial charge in [-0.25, -0.2) is 15.0 Å². The second-order valence-corrected chi connectivity index (χ2v) is 8.24. The number of aryl methyl sites for hydroxylation is 1. The van der Waals surface area contributed by atoms with E-state index < -0.39 is 12.0 Å². The standard InChI is InChI=1S/C19H22F3N5O2S/c20-19(21,22)18-24-8-12(9-25-18)15(27-4-6-29-7-5-27)10-23-17(28)13-2-1-3-14-16(13)30-11-26-14/h8-9,11,13,15H,1-7,10H2,(H,23,28)/t13-,15+/m1/s1. The number of morpholine rings is 1. The van der Waals surface area contributed by atoms with E-state index in [1.807, 2.05) is 0 Å². The zero-order valence-corrected chi connectivity index (χ0v) is 17.0. The summed E-state index contributed by atoms with van der Waals surface area (Å²) in [5.41, 5.74) is 3.30. The smallest absolute Gasteiger partial charge is 0.379 e. The number of alkyl halides is 3. The van der Waals surface area contributed by atoms with Gasteiger partial charge in [0.15, 0.2) is 0 Å². The monoisotopic (exact) mass is 441 g/mol. The molecule has 0 aromatic carbocycles. The van der Waals surface area contributed by atoms with Crippen LogP contribution in [0.2, 0.25) is 0 Å². The van der Waals surface area contributed by atoms with E-state index in [0.29, 0.717) is 31.9 Å². The zero-order chi connectivity index (χ0) is 21.1. The molecule has 0 radical (unpaired) electrons. The molecule has 1 N–H and O–H groups in total. The Morgan fingerprint density at radius 1 is 1.27 bits per heavy atom. The van der Waals surface area contributed by atoms with E-state index in [9.17, 15) is 18.0 Å². The van der Waals surface area contributed by atoms with Crippen molar-refractivity contribution in [1.29, 1.82) is 0 Å². The lowest BCUT2D eigenvalue weighted by molar-refractivity contribution is -0.145. The fourth-order valence-electron chi connectivity index (χ4n) is 3.93. The van der Waals surface area contributed by atoms with Crippen LogP contribution in [0.25, 0.3) is 0 Å². The van der Waals surface area contributed by atoms with Crippen LogP contribution < -0.4 is 5.32 Å². The van der Waals surface area contributed by atoms with Gasteiger partial charge in [0.1, 0.15) is 0 Å². The summed E-state index contributed by atoms with van der Waals surface area (Å²) in [7, 11) is 0. The Bertz CT molecular complexity index is 868. The zero-order valence-electron chi connectivity index (χ0n) is 16.2. The van der Waals surface area contributed by atoms with Crippen molar-refractivity contribution in [2.45, 2.75) is 37.4 Å². The fourth-order valence-corrected chi connectivity index (χ4v) is 4.90. The summed E-state index contributed by atoms with van der Waals surface area (Å²) in [6.07, 6.45) is 0.381. The molecule has 1 fully saturated rings. The summed E-state index contributed by atoms with van der Waals surface area (Å²) in [6.45, 7) is 2.55. The van der Waals surface area contributed by atoms with Crippen molar-refractivity contribution in [3.63, 3.8) is 0 Å². The lowest BCUT2D eigenvalue weighted by Gasteiger charge is -2.35. The summed E-state index contributed by atoms with van der Waals surface area (Å²) in [5.74, 6) is -1.47. The summed E-state index contributed by atoms with van der Waals surface area (Å²) < 4.78 is 43.8.